The van der Waals surface area contributed by atoms with Gasteiger partial charge in [0.05, 0.1) is 11.2 Å². The van der Waals surface area contributed by atoms with Crippen molar-refractivity contribution in [3.8, 4) is 0 Å². The first kappa shape index (κ1) is 24.1. The van der Waals surface area contributed by atoms with Gasteiger partial charge in [-0.25, -0.2) is 0 Å². The second-order valence-corrected chi connectivity index (χ2v) is 10.7. The SMILES string of the molecule is C.CC(C)(C)CCCc1c(C(=O)NC2(c3ccccn3)CC2)cccc1C(C)(C)C. The monoisotopic (exact) mass is 408 g/mol. The minimum Gasteiger partial charge on any atom is -0.341 e. The summed E-state index contributed by atoms with van der Waals surface area (Å²) >= 11 is 0. The van der Waals surface area contributed by atoms with Gasteiger partial charge < -0.3 is 5.32 Å². The Labute approximate surface area is 183 Å². The van der Waals surface area contributed by atoms with Crippen LogP contribution in [0.1, 0.15) is 102 Å². The summed E-state index contributed by atoms with van der Waals surface area (Å²) in [5, 5.41) is 3.32. The molecule has 1 saturated carbocycles. The van der Waals surface area contributed by atoms with Gasteiger partial charge in [0.25, 0.3) is 5.91 Å². The predicted octanol–water partition coefficient (Wildman–Crippen LogP) is 6.80. The molecule has 2 aromatic rings. The quantitative estimate of drug-likeness (QED) is 0.571. The van der Waals surface area contributed by atoms with Gasteiger partial charge in [-0.1, -0.05) is 67.2 Å². The topological polar surface area (TPSA) is 42.0 Å². The van der Waals surface area contributed by atoms with Crippen molar-refractivity contribution in [3.05, 3.63) is 65.0 Å². The van der Waals surface area contributed by atoms with Gasteiger partial charge in [0.2, 0.25) is 0 Å². The summed E-state index contributed by atoms with van der Waals surface area (Å²) in [5.41, 5.74) is 4.30. The van der Waals surface area contributed by atoms with Crippen LogP contribution in [-0.2, 0) is 17.4 Å². The van der Waals surface area contributed by atoms with Crippen LogP contribution in [0.25, 0.3) is 0 Å². The molecular weight excluding hydrogens is 368 g/mol. The number of carbonyl (C=O) groups excluding carboxylic acids is 1. The van der Waals surface area contributed by atoms with Gasteiger partial charge in [0.1, 0.15) is 0 Å². The molecule has 3 rings (SSSR count). The Kier molecular flexibility index (Phi) is 7.16. The van der Waals surface area contributed by atoms with Crippen LogP contribution in [0.2, 0.25) is 0 Å². The molecule has 3 nitrogen and oxygen atoms in total. The lowest BCUT2D eigenvalue weighted by atomic mass is 9.79. The molecule has 0 saturated heterocycles. The van der Waals surface area contributed by atoms with E-state index in [2.05, 4.69) is 57.9 Å². The zero-order valence-corrected chi connectivity index (χ0v) is 18.9. The third kappa shape index (κ3) is 5.71. The van der Waals surface area contributed by atoms with Crippen molar-refractivity contribution in [1.29, 1.82) is 0 Å². The maximum absolute atomic E-state index is 13.4. The fourth-order valence-electron chi connectivity index (χ4n) is 4.07. The van der Waals surface area contributed by atoms with Gasteiger partial charge in [-0.05, 0) is 72.3 Å². The molecule has 1 aliphatic carbocycles. The molecular formula is C27H40N2O. The fourth-order valence-corrected chi connectivity index (χ4v) is 4.07. The minimum absolute atomic E-state index is 0. The molecule has 0 bridgehead atoms. The van der Waals surface area contributed by atoms with Crippen LogP contribution >= 0.6 is 0 Å². The number of benzene rings is 1. The van der Waals surface area contributed by atoms with Crippen LogP contribution < -0.4 is 5.32 Å². The van der Waals surface area contributed by atoms with E-state index in [9.17, 15) is 4.79 Å². The van der Waals surface area contributed by atoms with Gasteiger partial charge in [-0.15, -0.1) is 0 Å². The van der Waals surface area contributed by atoms with E-state index in [0.29, 0.717) is 5.41 Å². The van der Waals surface area contributed by atoms with Crippen LogP contribution in [0.5, 0.6) is 0 Å². The van der Waals surface area contributed by atoms with Crippen LogP contribution in [-0.4, -0.2) is 10.9 Å². The summed E-state index contributed by atoms with van der Waals surface area (Å²) in [6, 6.07) is 12.1. The highest BCUT2D eigenvalue weighted by Crippen LogP contribution is 2.45. The van der Waals surface area contributed by atoms with Gasteiger partial charge in [0, 0.05) is 11.8 Å². The summed E-state index contributed by atoms with van der Waals surface area (Å²) in [6.07, 6.45) is 6.87. The molecule has 1 aliphatic rings. The summed E-state index contributed by atoms with van der Waals surface area (Å²) in [7, 11) is 0. The van der Waals surface area contributed by atoms with Crippen molar-refractivity contribution in [2.75, 3.05) is 0 Å². The normalized spacial score (nSPS) is 15.3. The Hall–Kier alpha value is -2.16. The molecule has 0 atom stereocenters. The number of nitrogens with one attached hydrogen (secondary N) is 1. The smallest absolute Gasteiger partial charge is 0.252 e. The maximum atomic E-state index is 13.4. The van der Waals surface area contributed by atoms with Crippen molar-refractivity contribution < 1.29 is 4.79 Å². The Morgan fingerprint density at radius 3 is 2.27 bits per heavy atom. The van der Waals surface area contributed by atoms with Crippen LogP contribution in [0.3, 0.4) is 0 Å². The van der Waals surface area contributed by atoms with Crippen molar-refractivity contribution in [2.24, 2.45) is 5.41 Å². The third-order valence-corrected chi connectivity index (χ3v) is 5.84. The van der Waals surface area contributed by atoms with E-state index >= 15 is 0 Å². The number of carbonyl (C=O) groups is 1. The van der Waals surface area contributed by atoms with Gasteiger partial charge >= 0.3 is 0 Å². The third-order valence-electron chi connectivity index (χ3n) is 5.84. The summed E-state index contributed by atoms with van der Waals surface area (Å²) in [5.74, 6) is 0.0324. The second kappa shape index (κ2) is 8.91. The van der Waals surface area contributed by atoms with Crippen molar-refractivity contribution in [3.63, 3.8) is 0 Å². The number of nitrogens with zero attached hydrogens (tertiary/aromatic N) is 1. The first-order chi connectivity index (χ1) is 13.5. The summed E-state index contributed by atoms with van der Waals surface area (Å²) in [6.45, 7) is 13.5. The van der Waals surface area contributed by atoms with E-state index in [-0.39, 0.29) is 24.3 Å². The Morgan fingerprint density at radius 2 is 1.73 bits per heavy atom. The molecule has 1 amide bonds. The lowest BCUT2D eigenvalue weighted by molar-refractivity contribution is 0.0928. The zero-order valence-electron chi connectivity index (χ0n) is 18.9. The van der Waals surface area contributed by atoms with Crippen LogP contribution in [0.15, 0.2) is 42.6 Å². The van der Waals surface area contributed by atoms with E-state index in [4.69, 9.17) is 0 Å². The average Bonchev–Trinajstić information content (AvgIpc) is 3.41. The number of aromatic nitrogens is 1. The number of pyridine rings is 1. The van der Waals surface area contributed by atoms with E-state index in [0.717, 1.165) is 43.4 Å². The first-order valence-corrected chi connectivity index (χ1v) is 10.9. The molecule has 3 heteroatoms. The zero-order chi connectivity index (χ0) is 21.3. The van der Waals surface area contributed by atoms with E-state index in [1.807, 2.05) is 30.3 Å². The van der Waals surface area contributed by atoms with Crippen molar-refractivity contribution >= 4 is 5.91 Å². The fraction of sp³-hybridized carbons (Fsp3) is 0.556. The number of rotatable bonds is 6. The van der Waals surface area contributed by atoms with Gasteiger partial charge in [-0.2, -0.15) is 0 Å². The molecule has 1 aromatic heterocycles. The van der Waals surface area contributed by atoms with E-state index < -0.39 is 0 Å². The highest BCUT2D eigenvalue weighted by atomic mass is 16.1. The molecule has 1 N–H and O–H groups in total. The highest BCUT2D eigenvalue weighted by Gasteiger charge is 2.47. The number of hydrogen-bond acceptors (Lipinski definition) is 2. The lowest BCUT2D eigenvalue weighted by Crippen LogP contribution is -2.36. The standard InChI is InChI=1S/C26H36N2O.CH4/c1-24(2,3)15-10-12-19-20(11-9-13-21(19)25(4,5)6)23(29)28-26(16-17-26)22-14-7-8-18-27-22;/h7-9,11,13-14,18H,10,12,15-17H2,1-6H3,(H,28,29);1H4. The Morgan fingerprint density at radius 1 is 1.03 bits per heavy atom. The first-order valence-electron chi connectivity index (χ1n) is 10.9. The molecule has 0 aliphatic heterocycles. The predicted molar refractivity (Wildman–Crippen MR) is 127 cm³/mol. The minimum atomic E-state index is -0.293. The van der Waals surface area contributed by atoms with E-state index in [1.54, 1.807) is 6.20 Å². The van der Waals surface area contributed by atoms with Crippen LogP contribution in [0, 0.1) is 5.41 Å². The Bertz CT molecular complexity index is 853. The maximum Gasteiger partial charge on any atom is 0.252 e. The molecule has 1 fully saturated rings. The molecule has 30 heavy (non-hydrogen) atoms. The molecule has 0 unspecified atom stereocenters. The highest BCUT2D eigenvalue weighted by molar-refractivity contribution is 5.97. The number of hydrogen-bond donors (Lipinski definition) is 1. The largest absolute Gasteiger partial charge is 0.341 e. The lowest BCUT2D eigenvalue weighted by Gasteiger charge is -2.26. The second-order valence-electron chi connectivity index (χ2n) is 10.7. The molecule has 164 valence electrons. The number of amides is 1. The van der Waals surface area contributed by atoms with Gasteiger partial charge in [0.15, 0.2) is 0 Å². The van der Waals surface area contributed by atoms with E-state index in [1.165, 1.54) is 11.1 Å². The molecule has 1 aromatic carbocycles. The average molecular weight is 409 g/mol. The summed E-state index contributed by atoms with van der Waals surface area (Å²) < 4.78 is 0. The Balaban J connectivity index is 0.00000320. The van der Waals surface area contributed by atoms with Gasteiger partial charge in [-0.3, -0.25) is 9.78 Å². The molecule has 0 spiro atoms. The molecule has 0 radical (unpaired) electrons. The van der Waals surface area contributed by atoms with Crippen molar-refractivity contribution in [1.82, 2.24) is 10.3 Å². The molecule has 1 heterocycles. The van der Waals surface area contributed by atoms with Crippen molar-refractivity contribution in [2.45, 2.75) is 92.0 Å². The van der Waals surface area contributed by atoms with Crippen LogP contribution in [0.4, 0.5) is 0 Å². The summed E-state index contributed by atoms with van der Waals surface area (Å²) in [4.78, 5) is 17.9.